The van der Waals surface area contributed by atoms with Crippen molar-refractivity contribution in [2.75, 3.05) is 119 Å². The van der Waals surface area contributed by atoms with Crippen LogP contribution in [0.2, 0.25) is 0 Å². The zero-order valence-corrected chi connectivity index (χ0v) is 54.0. The van der Waals surface area contributed by atoms with Gasteiger partial charge in [0.05, 0.1) is 65.0 Å². The van der Waals surface area contributed by atoms with E-state index in [1.807, 2.05) is 20.8 Å². The molecule has 0 saturated carbocycles. The number of aliphatic hydroxyl groups is 12. The molecule has 542 valence electrons. The van der Waals surface area contributed by atoms with E-state index < -0.39 is 123 Å². The van der Waals surface area contributed by atoms with Crippen molar-refractivity contribution in [1.82, 2.24) is 37.2 Å². The van der Waals surface area contributed by atoms with Gasteiger partial charge in [0.2, 0.25) is 35.4 Å². The van der Waals surface area contributed by atoms with E-state index in [1.165, 1.54) is 0 Å². The van der Waals surface area contributed by atoms with Crippen LogP contribution < -0.4 is 37.2 Å². The molecule has 93 heavy (non-hydrogen) atoms. The molecule has 19 N–H and O–H groups in total. The minimum absolute atomic E-state index is 0.00225. The van der Waals surface area contributed by atoms with Crippen molar-refractivity contribution in [3.8, 4) is 0 Å². The summed E-state index contributed by atoms with van der Waals surface area (Å²) in [5, 5.41) is 138. The molecular weight excluding hydrogens is 1240 g/mol. The number of hydrogen-bond donors (Lipinski definition) is 19. The first-order chi connectivity index (χ1) is 44.3. The fourth-order valence-corrected chi connectivity index (χ4v) is 9.86. The number of hydrogen-bond acceptors (Lipinski definition) is 28. The molecule has 3 aliphatic heterocycles. The third-order valence-electron chi connectivity index (χ3n) is 15.0. The molecule has 0 aromatic carbocycles. The Morgan fingerprint density at radius 1 is 0.333 bits per heavy atom. The molecule has 0 radical (unpaired) electrons. The fraction of sp³-hybridized carbons (Fsp3) is 0.898. The first-order valence-corrected chi connectivity index (χ1v) is 32.2. The summed E-state index contributed by atoms with van der Waals surface area (Å²) in [7, 11) is 0. The van der Waals surface area contributed by atoms with Crippen LogP contribution in [0.3, 0.4) is 0 Å². The van der Waals surface area contributed by atoms with Gasteiger partial charge in [-0.3, -0.25) is 28.8 Å². The van der Waals surface area contributed by atoms with Gasteiger partial charge in [0.1, 0.15) is 73.2 Å². The highest BCUT2D eigenvalue weighted by molar-refractivity contribution is 5.78. The van der Waals surface area contributed by atoms with Gasteiger partial charge in [0, 0.05) is 103 Å². The maximum Gasteiger partial charge on any atom is 0.222 e. The van der Waals surface area contributed by atoms with Crippen molar-refractivity contribution in [2.45, 2.75) is 220 Å². The predicted octanol–water partition coefficient (Wildman–Crippen LogP) is -6.84. The molecule has 0 bridgehead atoms. The number of rotatable bonds is 49. The summed E-state index contributed by atoms with van der Waals surface area (Å²) in [6.45, 7) is 6.03. The molecule has 15 unspecified atom stereocenters. The van der Waals surface area contributed by atoms with E-state index in [2.05, 4.69) is 37.2 Å². The van der Waals surface area contributed by atoms with Crippen molar-refractivity contribution in [2.24, 2.45) is 0 Å². The largest absolute Gasteiger partial charge is 0.394 e. The summed E-state index contributed by atoms with van der Waals surface area (Å²) >= 11 is 0. The van der Waals surface area contributed by atoms with Crippen LogP contribution in [0.25, 0.3) is 0 Å². The minimum atomic E-state index is -1.55. The molecule has 3 rings (SSSR count). The molecule has 0 aromatic heterocycles. The summed E-state index contributed by atoms with van der Waals surface area (Å²) in [6, 6.07) is 0. The number of amides is 6. The molecule has 34 heteroatoms. The Balaban J connectivity index is 1.38. The Morgan fingerprint density at radius 2 is 0.581 bits per heavy atom. The number of unbranched alkanes of at least 4 members (excludes halogenated alkanes) is 3. The Labute approximate surface area is 542 Å². The van der Waals surface area contributed by atoms with E-state index >= 15 is 0 Å². The van der Waals surface area contributed by atoms with Crippen LogP contribution in [0.1, 0.15) is 117 Å². The van der Waals surface area contributed by atoms with E-state index in [9.17, 15) is 90.0 Å². The molecule has 0 spiro atoms. The Morgan fingerprint density at radius 3 is 0.817 bits per heavy atom. The molecule has 3 fully saturated rings. The second-order valence-corrected chi connectivity index (χ2v) is 24.3. The van der Waals surface area contributed by atoms with Crippen molar-refractivity contribution >= 4 is 35.4 Å². The third-order valence-corrected chi connectivity index (χ3v) is 15.0. The SMILES string of the molecule is CC(C)(C)NC(COCCC(=O)NCCCNC(=O)CCCCOC1OC(CO)C(O)C(O)C1O)(COCCC(=O)NCCCNC(=O)CCCCOC1OC(CO)C(O)C(O)C1O)COCCC(=O)NCCCNC(=O)CCCCOC1OC(CO)C(O)C(O)C1O. The quantitative estimate of drug-likeness (QED) is 0.0252. The topological polar surface area (TPSA) is 512 Å². The lowest BCUT2D eigenvalue weighted by Gasteiger charge is -2.40. The zero-order valence-electron chi connectivity index (χ0n) is 54.0. The second kappa shape index (κ2) is 46.2. The summed E-state index contributed by atoms with van der Waals surface area (Å²) in [5.41, 5.74) is -1.58. The monoisotopic (exact) mass is 1350 g/mol. The lowest BCUT2D eigenvalue weighted by Crippen LogP contribution is -2.62. The summed E-state index contributed by atoms with van der Waals surface area (Å²) < 4.78 is 50.5. The molecular formula is C59H109N7O27. The van der Waals surface area contributed by atoms with Crippen LogP contribution in [-0.2, 0) is 71.4 Å². The minimum Gasteiger partial charge on any atom is -0.394 e. The first kappa shape index (κ1) is 83.2. The molecule has 3 aliphatic rings. The Bertz CT molecular complexity index is 1890. The van der Waals surface area contributed by atoms with Crippen LogP contribution in [0, 0.1) is 0 Å². The van der Waals surface area contributed by atoms with Crippen LogP contribution in [0.5, 0.6) is 0 Å². The molecule has 3 heterocycles. The highest BCUT2D eigenvalue weighted by Crippen LogP contribution is 2.25. The second-order valence-electron chi connectivity index (χ2n) is 24.3. The van der Waals surface area contributed by atoms with Crippen molar-refractivity contribution in [3.05, 3.63) is 0 Å². The lowest BCUT2D eigenvalue weighted by atomic mass is 9.97. The summed E-state index contributed by atoms with van der Waals surface area (Å²) in [6.07, 6.45) is -16.2. The maximum atomic E-state index is 12.8. The van der Waals surface area contributed by atoms with Gasteiger partial charge < -0.3 is 141 Å². The van der Waals surface area contributed by atoms with E-state index in [-0.39, 0.29) is 153 Å². The normalized spacial score (nSPS) is 27.2. The van der Waals surface area contributed by atoms with Gasteiger partial charge in [0.15, 0.2) is 18.9 Å². The zero-order chi connectivity index (χ0) is 68.8. The lowest BCUT2D eigenvalue weighted by molar-refractivity contribution is -0.301. The third kappa shape index (κ3) is 33.2. The van der Waals surface area contributed by atoms with Gasteiger partial charge in [0.25, 0.3) is 0 Å². The van der Waals surface area contributed by atoms with Crippen molar-refractivity contribution in [3.63, 3.8) is 0 Å². The van der Waals surface area contributed by atoms with Crippen LogP contribution in [0.4, 0.5) is 0 Å². The molecule has 0 aliphatic carbocycles. The Hall–Kier alpha value is -4.06. The predicted molar refractivity (Wildman–Crippen MR) is 325 cm³/mol. The number of carbonyl (C=O) groups is 6. The van der Waals surface area contributed by atoms with E-state index in [4.69, 9.17) is 42.6 Å². The van der Waals surface area contributed by atoms with Gasteiger partial charge in [-0.05, 0) is 78.6 Å². The highest BCUT2D eigenvalue weighted by atomic mass is 16.7. The molecule has 0 aromatic rings. The number of aliphatic hydroxyl groups excluding tert-OH is 12. The molecule has 6 amide bonds. The number of nitrogens with one attached hydrogen (secondary N) is 7. The van der Waals surface area contributed by atoms with Crippen LogP contribution >= 0.6 is 0 Å². The van der Waals surface area contributed by atoms with Crippen molar-refractivity contribution < 1.29 is 133 Å². The van der Waals surface area contributed by atoms with Gasteiger partial charge in [-0.25, -0.2) is 0 Å². The maximum absolute atomic E-state index is 12.8. The van der Waals surface area contributed by atoms with Gasteiger partial charge in [-0.2, -0.15) is 0 Å². The van der Waals surface area contributed by atoms with Crippen molar-refractivity contribution in [1.29, 1.82) is 0 Å². The summed E-state index contributed by atoms with van der Waals surface area (Å²) in [5.74, 6) is -1.53. The van der Waals surface area contributed by atoms with Crippen LogP contribution in [0.15, 0.2) is 0 Å². The molecule has 15 atom stereocenters. The molecule has 3 saturated heterocycles. The molecule has 34 nitrogen and oxygen atoms in total. The standard InChI is InChI=1S/C59H109N7O27/c1-58(2,3)66-59(34-85-28-16-43(73)63-22-10-19-60-40(70)13-4-7-25-88-55-52(82)49(79)46(76)37(31-67)91-55,35-86-29-17-44(74)64-23-11-20-61-41(71)14-5-8-26-89-56-53(83)50(80)47(77)38(32-68)92-56)36-87-30-18-45(75)65-24-12-21-62-42(72)15-6-9-27-90-57-54(84)51(81)48(78)39(33-69)93-57/h37-39,46-57,66-69,76-84H,4-36H2,1-3H3,(H,60,70)(H,61,71)(H,62,72)(H,63,73)(H,64,74)(H,65,75). The smallest absolute Gasteiger partial charge is 0.222 e. The number of ether oxygens (including phenoxy) is 9. The highest BCUT2D eigenvalue weighted by Gasteiger charge is 2.46. The van der Waals surface area contributed by atoms with E-state index in [0.717, 1.165) is 0 Å². The van der Waals surface area contributed by atoms with Gasteiger partial charge >= 0.3 is 0 Å². The van der Waals surface area contributed by atoms with Gasteiger partial charge in [-0.1, -0.05) is 0 Å². The fourth-order valence-electron chi connectivity index (χ4n) is 9.86. The first-order valence-electron chi connectivity index (χ1n) is 32.2. The average molecular weight is 1350 g/mol. The van der Waals surface area contributed by atoms with E-state index in [0.29, 0.717) is 77.4 Å². The van der Waals surface area contributed by atoms with Gasteiger partial charge in [-0.15, -0.1) is 0 Å². The average Bonchev–Trinajstić information content (AvgIpc) is 1.33. The van der Waals surface area contributed by atoms with Crippen LogP contribution in [-0.4, -0.2) is 318 Å². The Kier molecular flexibility index (Phi) is 41.3. The summed E-state index contributed by atoms with van der Waals surface area (Å²) in [4.78, 5) is 75.6. The number of carbonyl (C=O) groups excluding carboxylic acids is 6. The van der Waals surface area contributed by atoms with E-state index in [1.54, 1.807) is 0 Å².